The lowest BCUT2D eigenvalue weighted by Gasteiger charge is -2.18. The zero-order chi connectivity index (χ0) is 22.1. The van der Waals surface area contributed by atoms with Gasteiger partial charge in [-0.1, -0.05) is 23.2 Å². The van der Waals surface area contributed by atoms with Crippen LogP contribution in [0.2, 0.25) is 10.0 Å². The molecule has 7 nitrogen and oxygen atoms in total. The number of rotatable bonds is 5. The predicted molar refractivity (Wildman–Crippen MR) is 117 cm³/mol. The standard InChI is InChI=1S/C20H21Cl2N3O4S/c1-24(2)30(28,29)18-11-13(5-7-16(18)22)19(26)23-17-8-6-14(21)12-15(17)20(27)25-9-3-4-10-25/h5-8,11-12H,3-4,9-10H2,1-2H3,(H,23,26). The number of carbonyl (C=O) groups excluding carboxylic acids is 2. The fourth-order valence-corrected chi connectivity index (χ4v) is 4.69. The Balaban J connectivity index is 1.93. The van der Waals surface area contributed by atoms with E-state index in [0.717, 1.165) is 17.1 Å². The van der Waals surface area contributed by atoms with Gasteiger partial charge in [-0.3, -0.25) is 9.59 Å². The molecule has 1 fully saturated rings. The van der Waals surface area contributed by atoms with Crippen molar-refractivity contribution in [3.05, 3.63) is 57.6 Å². The van der Waals surface area contributed by atoms with E-state index in [1.807, 2.05) is 0 Å². The molecule has 1 aliphatic heterocycles. The highest BCUT2D eigenvalue weighted by molar-refractivity contribution is 7.89. The van der Waals surface area contributed by atoms with Crippen LogP contribution in [-0.2, 0) is 10.0 Å². The molecule has 0 bridgehead atoms. The summed E-state index contributed by atoms with van der Waals surface area (Å²) < 4.78 is 25.9. The SMILES string of the molecule is CN(C)S(=O)(=O)c1cc(C(=O)Nc2ccc(Cl)cc2C(=O)N2CCCC2)ccc1Cl. The van der Waals surface area contributed by atoms with Gasteiger partial charge in [0, 0.05) is 37.8 Å². The maximum absolute atomic E-state index is 12.9. The molecule has 0 radical (unpaired) electrons. The van der Waals surface area contributed by atoms with E-state index in [2.05, 4.69) is 5.32 Å². The number of likely N-dealkylation sites (tertiary alicyclic amines) is 1. The van der Waals surface area contributed by atoms with Gasteiger partial charge in [-0.15, -0.1) is 0 Å². The lowest BCUT2D eigenvalue weighted by Crippen LogP contribution is -2.29. The number of hydrogen-bond donors (Lipinski definition) is 1. The number of amides is 2. The van der Waals surface area contributed by atoms with Gasteiger partial charge in [-0.25, -0.2) is 12.7 Å². The van der Waals surface area contributed by atoms with Crippen LogP contribution in [0.5, 0.6) is 0 Å². The van der Waals surface area contributed by atoms with E-state index in [1.165, 1.54) is 38.4 Å². The van der Waals surface area contributed by atoms with Gasteiger partial charge in [0.25, 0.3) is 11.8 Å². The van der Waals surface area contributed by atoms with Gasteiger partial charge in [0.1, 0.15) is 4.90 Å². The Hall–Kier alpha value is -2.13. The number of benzene rings is 2. The number of nitrogens with zero attached hydrogens (tertiary/aromatic N) is 2. The van der Waals surface area contributed by atoms with Crippen molar-refractivity contribution in [2.24, 2.45) is 0 Å². The van der Waals surface area contributed by atoms with Crippen LogP contribution in [0.25, 0.3) is 0 Å². The average molecular weight is 470 g/mol. The second kappa shape index (κ2) is 8.93. The van der Waals surface area contributed by atoms with Gasteiger partial charge in [-0.2, -0.15) is 0 Å². The normalized spacial score (nSPS) is 14.2. The van der Waals surface area contributed by atoms with Crippen molar-refractivity contribution in [3.63, 3.8) is 0 Å². The molecule has 1 N–H and O–H groups in total. The molecule has 30 heavy (non-hydrogen) atoms. The maximum Gasteiger partial charge on any atom is 0.256 e. The van der Waals surface area contributed by atoms with Crippen molar-refractivity contribution in [1.29, 1.82) is 0 Å². The minimum absolute atomic E-state index is 0.0108. The van der Waals surface area contributed by atoms with Crippen LogP contribution >= 0.6 is 23.2 Å². The van der Waals surface area contributed by atoms with Crippen LogP contribution in [0.1, 0.15) is 33.6 Å². The molecule has 1 saturated heterocycles. The summed E-state index contributed by atoms with van der Waals surface area (Å²) in [6, 6.07) is 8.63. The van der Waals surface area contributed by atoms with Crippen LogP contribution in [0.4, 0.5) is 5.69 Å². The van der Waals surface area contributed by atoms with E-state index in [-0.39, 0.29) is 27.0 Å². The number of hydrogen-bond acceptors (Lipinski definition) is 4. The molecule has 0 aliphatic carbocycles. The van der Waals surface area contributed by atoms with Gasteiger partial charge in [0.15, 0.2) is 0 Å². The molecule has 0 spiro atoms. The summed E-state index contributed by atoms with van der Waals surface area (Å²) in [6.07, 6.45) is 1.86. The minimum atomic E-state index is -3.83. The first-order chi connectivity index (χ1) is 14.1. The average Bonchev–Trinajstić information content (AvgIpc) is 3.23. The lowest BCUT2D eigenvalue weighted by atomic mass is 10.1. The van der Waals surface area contributed by atoms with Crippen molar-refractivity contribution < 1.29 is 18.0 Å². The van der Waals surface area contributed by atoms with Gasteiger partial charge < -0.3 is 10.2 Å². The van der Waals surface area contributed by atoms with Crippen molar-refractivity contribution in [2.75, 3.05) is 32.5 Å². The van der Waals surface area contributed by atoms with Crippen molar-refractivity contribution in [3.8, 4) is 0 Å². The molecular weight excluding hydrogens is 449 g/mol. The fraction of sp³-hybridized carbons (Fsp3) is 0.300. The molecule has 10 heteroatoms. The predicted octanol–water partition coefficient (Wildman–Crippen LogP) is 3.73. The van der Waals surface area contributed by atoms with Crippen molar-refractivity contribution in [1.82, 2.24) is 9.21 Å². The largest absolute Gasteiger partial charge is 0.339 e. The molecule has 1 aliphatic rings. The van der Waals surface area contributed by atoms with Crippen LogP contribution in [0.15, 0.2) is 41.3 Å². The molecule has 0 saturated carbocycles. The van der Waals surface area contributed by atoms with Crippen LogP contribution in [0.3, 0.4) is 0 Å². The van der Waals surface area contributed by atoms with Gasteiger partial charge in [-0.05, 0) is 49.2 Å². The molecule has 2 amide bonds. The summed E-state index contributed by atoms with van der Waals surface area (Å²) in [5, 5.41) is 3.08. The van der Waals surface area contributed by atoms with Crippen molar-refractivity contribution in [2.45, 2.75) is 17.7 Å². The Kier molecular flexibility index (Phi) is 6.71. The Morgan fingerprint density at radius 2 is 1.70 bits per heavy atom. The summed E-state index contributed by atoms with van der Waals surface area (Å²) in [5.74, 6) is -0.781. The molecule has 1 heterocycles. The van der Waals surface area contributed by atoms with E-state index in [1.54, 1.807) is 17.0 Å². The summed E-state index contributed by atoms with van der Waals surface area (Å²) in [4.78, 5) is 27.2. The monoisotopic (exact) mass is 469 g/mol. The third kappa shape index (κ3) is 4.62. The zero-order valence-electron chi connectivity index (χ0n) is 16.5. The smallest absolute Gasteiger partial charge is 0.256 e. The van der Waals surface area contributed by atoms with E-state index in [0.29, 0.717) is 23.8 Å². The first-order valence-corrected chi connectivity index (χ1v) is 11.4. The van der Waals surface area contributed by atoms with Gasteiger partial charge in [0.05, 0.1) is 16.3 Å². The first kappa shape index (κ1) is 22.6. The fourth-order valence-electron chi connectivity index (χ4n) is 3.13. The second-order valence-electron chi connectivity index (χ2n) is 7.08. The van der Waals surface area contributed by atoms with Crippen LogP contribution in [0, 0.1) is 0 Å². The Bertz CT molecular complexity index is 1100. The third-order valence-corrected chi connectivity index (χ3v) is 7.34. The highest BCUT2D eigenvalue weighted by Gasteiger charge is 2.25. The summed E-state index contributed by atoms with van der Waals surface area (Å²) in [6.45, 7) is 1.31. The van der Waals surface area contributed by atoms with Crippen molar-refractivity contribution >= 4 is 50.7 Å². The quantitative estimate of drug-likeness (QED) is 0.722. The number of nitrogens with one attached hydrogen (secondary N) is 1. The molecule has 0 aromatic heterocycles. The second-order valence-corrected chi connectivity index (χ2v) is 10.0. The zero-order valence-corrected chi connectivity index (χ0v) is 18.8. The molecule has 2 aromatic rings. The van der Waals surface area contributed by atoms with E-state index >= 15 is 0 Å². The lowest BCUT2D eigenvalue weighted by molar-refractivity contribution is 0.0794. The number of carbonyl (C=O) groups is 2. The van der Waals surface area contributed by atoms with Crippen LogP contribution < -0.4 is 5.32 Å². The number of anilines is 1. The Morgan fingerprint density at radius 3 is 2.33 bits per heavy atom. The number of halogens is 2. The van der Waals surface area contributed by atoms with Gasteiger partial charge in [0.2, 0.25) is 10.0 Å². The van der Waals surface area contributed by atoms with E-state index in [4.69, 9.17) is 23.2 Å². The third-order valence-electron chi connectivity index (χ3n) is 4.81. The highest BCUT2D eigenvalue weighted by atomic mass is 35.5. The first-order valence-electron chi connectivity index (χ1n) is 9.23. The summed E-state index contributed by atoms with van der Waals surface area (Å²) in [7, 11) is -1.08. The molecule has 2 aromatic carbocycles. The summed E-state index contributed by atoms with van der Waals surface area (Å²) >= 11 is 12.1. The highest BCUT2D eigenvalue weighted by Crippen LogP contribution is 2.27. The van der Waals surface area contributed by atoms with E-state index < -0.39 is 15.9 Å². The van der Waals surface area contributed by atoms with E-state index in [9.17, 15) is 18.0 Å². The minimum Gasteiger partial charge on any atom is -0.339 e. The number of sulfonamides is 1. The maximum atomic E-state index is 12.9. The topological polar surface area (TPSA) is 86.8 Å². The Morgan fingerprint density at radius 1 is 1.03 bits per heavy atom. The summed E-state index contributed by atoms with van der Waals surface area (Å²) in [5.41, 5.74) is 0.676. The molecule has 0 atom stereocenters. The molecule has 160 valence electrons. The Labute approximate surface area is 185 Å². The molecule has 0 unspecified atom stereocenters. The molecule has 3 rings (SSSR count). The molecular formula is C20H21Cl2N3O4S. The van der Waals surface area contributed by atoms with Gasteiger partial charge >= 0.3 is 0 Å². The van der Waals surface area contributed by atoms with Crippen LogP contribution in [-0.4, -0.2) is 56.6 Å².